The lowest BCUT2D eigenvalue weighted by molar-refractivity contribution is -0.131. The van der Waals surface area contributed by atoms with Gasteiger partial charge in [0.15, 0.2) is 0 Å². The molecule has 0 bridgehead atoms. The van der Waals surface area contributed by atoms with Crippen molar-refractivity contribution in [3.63, 3.8) is 0 Å². The number of rotatable bonds is 8. The fraction of sp³-hybridized carbons (Fsp3) is 0.562. The Morgan fingerprint density at radius 3 is 2.48 bits per heavy atom. The molecule has 0 aromatic heterocycles. The van der Waals surface area contributed by atoms with Crippen LogP contribution in [-0.2, 0) is 21.5 Å². The molecule has 0 aliphatic carbocycles. The summed E-state index contributed by atoms with van der Waals surface area (Å²) >= 11 is 5.91. The fourth-order valence-electron chi connectivity index (χ4n) is 2.05. The first kappa shape index (κ1) is 19.8. The molecule has 0 aliphatic heterocycles. The maximum atomic E-state index is 12.2. The molecule has 7 heteroatoms. The molecule has 0 spiro atoms. The molecule has 1 unspecified atom stereocenters. The summed E-state index contributed by atoms with van der Waals surface area (Å²) in [7, 11) is -3.57. The van der Waals surface area contributed by atoms with Crippen molar-refractivity contribution in [2.24, 2.45) is 5.92 Å². The van der Waals surface area contributed by atoms with Crippen molar-refractivity contribution in [1.29, 1.82) is 0 Å². The van der Waals surface area contributed by atoms with Crippen LogP contribution < -0.4 is 4.18 Å². The van der Waals surface area contributed by atoms with Crippen LogP contribution in [0.3, 0.4) is 0 Å². The van der Waals surface area contributed by atoms with Gasteiger partial charge in [-0.1, -0.05) is 26.0 Å². The average Bonchev–Trinajstić information content (AvgIpc) is 2.45. The van der Waals surface area contributed by atoms with E-state index in [0.29, 0.717) is 19.0 Å². The molecule has 5 nitrogen and oxygen atoms in total. The van der Waals surface area contributed by atoms with E-state index in [-0.39, 0.29) is 17.4 Å². The van der Waals surface area contributed by atoms with Gasteiger partial charge in [0.25, 0.3) is 0 Å². The predicted octanol–water partition coefficient (Wildman–Crippen LogP) is 3.03. The van der Waals surface area contributed by atoms with Gasteiger partial charge in [-0.15, -0.1) is 11.6 Å². The molecule has 23 heavy (non-hydrogen) atoms. The van der Waals surface area contributed by atoms with Gasteiger partial charge in [0.2, 0.25) is 5.91 Å². The van der Waals surface area contributed by atoms with Crippen LogP contribution in [0.25, 0.3) is 0 Å². The maximum absolute atomic E-state index is 12.2. The van der Waals surface area contributed by atoms with Crippen LogP contribution in [0.5, 0.6) is 5.75 Å². The lowest BCUT2D eigenvalue weighted by atomic mass is 10.1. The molecule has 0 saturated carbocycles. The largest absolute Gasteiger partial charge is 0.382 e. The summed E-state index contributed by atoms with van der Waals surface area (Å²) in [6.07, 6.45) is 0. The van der Waals surface area contributed by atoms with Crippen LogP contribution in [0.1, 0.15) is 33.3 Å². The van der Waals surface area contributed by atoms with Gasteiger partial charge in [0.05, 0.1) is 5.75 Å². The molecule has 0 N–H and O–H groups in total. The Bertz CT molecular complexity index is 629. The normalized spacial score (nSPS) is 13.0. The van der Waals surface area contributed by atoms with Crippen LogP contribution in [0.2, 0.25) is 0 Å². The van der Waals surface area contributed by atoms with Crippen LogP contribution in [0.4, 0.5) is 0 Å². The molecule has 1 amide bonds. The van der Waals surface area contributed by atoms with E-state index in [4.69, 9.17) is 15.8 Å². The van der Waals surface area contributed by atoms with Gasteiger partial charge >= 0.3 is 10.1 Å². The lowest BCUT2D eigenvalue weighted by Crippen LogP contribution is -2.37. The van der Waals surface area contributed by atoms with Crippen LogP contribution in [-0.4, -0.2) is 36.9 Å². The van der Waals surface area contributed by atoms with Gasteiger partial charge in [-0.2, -0.15) is 8.42 Å². The number of nitrogens with zero attached hydrogens (tertiary/aromatic N) is 1. The second kappa shape index (κ2) is 8.55. The minimum absolute atomic E-state index is 0.0983. The minimum Gasteiger partial charge on any atom is -0.382 e. The van der Waals surface area contributed by atoms with Crippen LogP contribution in [0, 0.1) is 5.92 Å². The van der Waals surface area contributed by atoms with E-state index >= 15 is 0 Å². The molecule has 130 valence electrons. The van der Waals surface area contributed by atoms with E-state index in [1.807, 2.05) is 19.9 Å². The third-order valence-corrected chi connectivity index (χ3v) is 4.43. The Labute approximate surface area is 143 Å². The Hall–Kier alpha value is -1.27. The maximum Gasteiger partial charge on any atom is 0.308 e. The van der Waals surface area contributed by atoms with Crippen molar-refractivity contribution in [3.05, 3.63) is 29.8 Å². The number of hydrogen-bond acceptors (Lipinski definition) is 4. The van der Waals surface area contributed by atoms with E-state index in [2.05, 4.69) is 0 Å². The summed E-state index contributed by atoms with van der Waals surface area (Å²) < 4.78 is 28.1. The number of hydrogen-bond donors (Lipinski definition) is 0. The van der Waals surface area contributed by atoms with E-state index in [1.165, 1.54) is 6.92 Å². The molecule has 0 radical (unpaired) electrons. The predicted molar refractivity (Wildman–Crippen MR) is 92.1 cm³/mol. The van der Waals surface area contributed by atoms with E-state index in [0.717, 1.165) is 5.56 Å². The highest BCUT2D eigenvalue weighted by Crippen LogP contribution is 2.18. The Kier molecular flexibility index (Phi) is 7.35. The van der Waals surface area contributed by atoms with Gasteiger partial charge in [0.1, 0.15) is 11.1 Å². The third-order valence-electron chi connectivity index (χ3n) is 3.09. The smallest absolute Gasteiger partial charge is 0.308 e. The molecular formula is C16H24ClNO4S. The lowest BCUT2D eigenvalue weighted by Gasteiger charge is -2.26. The van der Waals surface area contributed by atoms with Gasteiger partial charge in [-0.3, -0.25) is 4.79 Å². The third kappa shape index (κ3) is 6.79. The number of halogens is 1. The Morgan fingerprint density at radius 2 is 1.96 bits per heavy atom. The first-order chi connectivity index (χ1) is 10.6. The molecule has 1 aromatic carbocycles. The number of benzene rings is 1. The van der Waals surface area contributed by atoms with Gasteiger partial charge in [-0.05, 0) is 37.5 Å². The molecule has 0 aliphatic rings. The zero-order valence-electron chi connectivity index (χ0n) is 14.0. The molecule has 0 saturated heterocycles. The molecular weight excluding hydrogens is 338 g/mol. The average molecular weight is 362 g/mol. The van der Waals surface area contributed by atoms with Gasteiger partial charge in [0, 0.05) is 13.1 Å². The van der Waals surface area contributed by atoms with Crippen LogP contribution >= 0.6 is 11.6 Å². The second-order valence-electron chi connectivity index (χ2n) is 5.81. The van der Waals surface area contributed by atoms with Crippen molar-refractivity contribution in [1.82, 2.24) is 4.90 Å². The SMILES string of the molecule is CCS(=O)(=O)Oc1cccc(CN(CC(C)C)C(=O)C(C)Cl)c1. The molecule has 1 aromatic rings. The van der Waals surface area contributed by atoms with Crippen molar-refractivity contribution >= 4 is 27.6 Å². The molecule has 1 rings (SSSR count). The Morgan fingerprint density at radius 1 is 1.30 bits per heavy atom. The van der Waals surface area contributed by atoms with E-state index < -0.39 is 15.5 Å². The number of carbonyl (C=O) groups excluding carboxylic acids is 1. The summed E-state index contributed by atoms with van der Waals surface area (Å²) in [4.78, 5) is 13.9. The number of amides is 1. The zero-order chi connectivity index (χ0) is 17.6. The minimum atomic E-state index is -3.57. The summed E-state index contributed by atoms with van der Waals surface area (Å²) in [5.74, 6) is 0.307. The highest BCUT2D eigenvalue weighted by Gasteiger charge is 2.20. The quantitative estimate of drug-likeness (QED) is 0.527. The van der Waals surface area contributed by atoms with Gasteiger partial charge in [-0.25, -0.2) is 0 Å². The molecule has 0 fully saturated rings. The summed E-state index contributed by atoms with van der Waals surface area (Å²) in [5.41, 5.74) is 0.792. The summed E-state index contributed by atoms with van der Waals surface area (Å²) in [6, 6.07) is 6.74. The summed E-state index contributed by atoms with van der Waals surface area (Å²) in [6.45, 7) is 8.14. The molecule has 1 atom stereocenters. The van der Waals surface area contributed by atoms with E-state index in [9.17, 15) is 13.2 Å². The Balaban J connectivity index is 2.94. The topological polar surface area (TPSA) is 63.7 Å². The summed E-state index contributed by atoms with van der Waals surface area (Å²) in [5, 5.41) is -0.603. The van der Waals surface area contributed by atoms with Crippen molar-refractivity contribution in [2.45, 2.75) is 39.6 Å². The van der Waals surface area contributed by atoms with Crippen molar-refractivity contribution in [3.8, 4) is 5.75 Å². The molecule has 0 heterocycles. The first-order valence-corrected chi connectivity index (χ1v) is 9.60. The van der Waals surface area contributed by atoms with Gasteiger partial charge < -0.3 is 9.08 Å². The van der Waals surface area contributed by atoms with Crippen LogP contribution in [0.15, 0.2) is 24.3 Å². The number of carbonyl (C=O) groups is 1. The second-order valence-corrected chi connectivity index (χ2v) is 8.32. The zero-order valence-corrected chi connectivity index (χ0v) is 15.5. The fourth-order valence-corrected chi connectivity index (χ4v) is 2.70. The van der Waals surface area contributed by atoms with E-state index in [1.54, 1.807) is 30.0 Å². The number of alkyl halides is 1. The highest BCUT2D eigenvalue weighted by molar-refractivity contribution is 7.87. The monoisotopic (exact) mass is 361 g/mol. The van der Waals surface area contributed by atoms with Crippen molar-refractivity contribution in [2.75, 3.05) is 12.3 Å². The first-order valence-electron chi connectivity index (χ1n) is 7.58. The highest BCUT2D eigenvalue weighted by atomic mass is 35.5. The van der Waals surface area contributed by atoms with Crippen molar-refractivity contribution < 1.29 is 17.4 Å². The standard InChI is InChI=1S/C16H24ClNO4S/c1-5-23(20,21)22-15-8-6-7-14(9-15)11-18(10-12(2)3)16(19)13(4)17/h6-9,12-13H,5,10-11H2,1-4H3.